The molecule has 1 saturated heterocycles. The van der Waals surface area contributed by atoms with E-state index < -0.39 is 10.0 Å². The van der Waals surface area contributed by atoms with Gasteiger partial charge in [0, 0.05) is 13.1 Å². The lowest BCUT2D eigenvalue weighted by molar-refractivity contribution is -0.117. The number of carbonyl (C=O) groups is 1. The summed E-state index contributed by atoms with van der Waals surface area (Å²) in [5.74, 6) is -0.224. The van der Waals surface area contributed by atoms with Crippen LogP contribution in [0.4, 0.5) is 0 Å². The summed E-state index contributed by atoms with van der Waals surface area (Å²) in [4.78, 5) is 11.7. The smallest absolute Gasteiger partial charge is 0.243 e. The van der Waals surface area contributed by atoms with Crippen molar-refractivity contribution in [1.29, 1.82) is 0 Å². The maximum atomic E-state index is 12.9. The monoisotopic (exact) mass is 400 g/mol. The van der Waals surface area contributed by atoms with Gasteiger partial charge in [0.1, 0.15) is 0 Å². The fraction of sp³-hybridized carbons (Fsp3) is 0.286. The second-order valence-corrected chi connectivity index (χ2v) is 8.54. The van der Waals surface area contributed by atoms with Crippen LogP contribution < -0.4 is 5.32 Å². The quantitative estimate of drug-likeness (QED) is 0.757. The number of benzene rings is 2. The molecular weight excluding hydrogens is 376 g/mol. The zero-order chi connectivity index (χ0) is 20.1. The lowest BCUT2D eigenvalue weighted by atomic mass is 10.0. The SMILES string of the molecule is C=CC(=O)N[C@H](C)c1ccc(-c2cccc(S(=O)(=O)N3CCOCC3)c2)cc1. The molecule has 6 nitrogen and oxygen atoms in total. The first-order valence-electron chi connectivity index (χ1n) is 9.13. The number of amides is 1. The number of nitrogens with zero attached hydrogens (tertiary/aromatic N) is 1. The summed E-state index contributed by atoms with van der Waals surface area (Å²) in [6.07, 6.45) is 1.24. The van der Waals surface area contributed by atoms with Crippen LogP contribution in [-0.4, -0.2) is 44.9 Å². The van der Waals surface area contributed by atoms with Gasteiger partial charge < -0.3 is 10.1 Å². The molecule has 3 rings (SSSR count). The van der Waals surface area contributed by atoms with E-state index in [1.54, 1.807) is 18.2 Å². The number of morpholine rings is 1. The Hall–Kier alpha value is -2.48. The van der Waals surface area contributed by atoms with Gasteiger partial charge in [-0.25, -0.2) is 8.42 Å². The van der Waals surface area contributed by atoms with Crippen LogP contribution in [0.1, 0.15) is 18.5 Å². The molecule has 1 heterocycles. The summed E-state index contributed by atoms with van der Waals surface area (Å²) >= 11 is 0. The molecule has 7 heteroatoms. The van der Waals surface area contributed by atoms with Crippen molar-refractivity contribution in [3.8, 4) is 11.1 Å². The van der Waals surface area contributed by atoms with Gasteiger partial charge in [-0.15, -0.1) is 0 Å². The summed E-state index contributed by atoms with van der Waals surface area (Å²) in [6.45, 7) is 6.92. The molecular formula is C21H24N2O4S. The Morgan fingerprint density at radius 2 is 1.82 bits per heavy atom. The first-order chi connectivity index (χ1) is 13.4. The lowest BCUT2D eigenvalue weighted by Crippen LogP contribution is -2.40. The molecule has 28 heavy (non-hydrogen) atoms. The minimum absolute atomic E-state index is 0.146. The van der Waals surface area contributed by atoms with Gasteiger partial charge in [0.2, 0.25) is 15.9 Å². The van der Waals surface area contributed by atoms with E-state index in [9.17, 15) is 13.2 Å². The van der Waals surface area contributed by atoms with Crippen molar-refractivity contribution in [2.75, 3.05) is 26.3 Å². The number of rotatable bonds is 6. The van der Waals surface area contributed by atoms with Crippen molar-refractivity contribution < 1.29 is 17.9 Å². The van der Waals surface area contributed by atoms with Crippen molar-refractivity contribution in [2.24, 2.45) is 0 Å². The van der Waals surface area contributed by atoms with Gasteiger partial charge in [0.15, 0.2) is 0 Å². The van der Waals surface area contributed by atoms with E-state index in [2.05, 4.69) is 11.9 Å². The van der Waals surface area contributed by atoms with E-state index in [0.717, 1.165) is 16.7 Å². The molecule has 0 unspecified atom stereocenters. The molecule has 0 bridgehead atoms. The fourth-order valence-corrected chi connectivity index (χ4v) is 4.55. The Morgan fingerprint density at radius 1 is 1.14 bits per heavy atom. The highest BCUT2D eigenvalue weighted by atomic mass is 32.2. The van der Waals surface area contributed by atoms with Crippen LogP contribution in [0.5, 0.6) is 0 Å². The molecule has 2 aromatic carbocycles. The van der Waals surface area contributed by atoms with Crippen molar-refractivity contribution in [2.45, 2.75) is 17.9 Å². The summed E-state index contributed by atoms with van der Waals surface area (Å²) in [5, 5.41) is 2.82. The molecule has 1 fully saturated rings. The maximum absolute atomic E-state index is 12.9. The van der Waals surface area contributed by atoms with Gasteiger partial charge in [-0.1, -0.05) is 43.0 Å². The summed E-state index contributed by atoms with van der Waals surface area (Å²) in [6, 6.07) is 14.5. The van der Waals surface area contributed by atoms with Crippen LogP contribution in [0.3, 0.4) is 0 Å². The Morgan fingerprint density at radius 3 is 2.46 bits per heavy atom. The van der Waals surface area contributed by atoms with E-state index in [0.29, 0.717) is 26.3 Å². The van der Waals surface area contributed by atoms with E-state index in [-0.39, 0.29) is 16.8 Å². The molecule has 1 atom stereocenters. The predicted octanol–water partition coefficient (Wildman–Crippen LogP) is 2.74. The van der Waals surface area contributed by atoms with Crippen LogP contribution in [0.25, 0.3) is 11.1 Å². The molecule has 2 aromatic rings. The van der Waals surface area contributed by atoms with Gasteiger partial charge in [0.25, 0.3) is 0 Å². The average Bonchev–Trinajstić information content (AvgIpc) is 2.74. The average molecular weight is 401 g/mol. The summed E-state index contributed by atoms with van der Waals surface area (Å²) in [7, 11) is -3.53. The van der Waals surface area contributed by atoms with Crippen molar-refractivity contribution in [1.82, 2.24) is 9.62 Å². The van der Waals surface area contributed by atoms with E-state index in [4.69, 9.17) is 4.74 Å². The molecule has 0 aliphatic carbocycles. The number of nitrogens with one attached hydrogen (secondary N) is 1. The van der Waals surface area contributed by atoms with Crippen LogP contribution in [0.15, 0.2) is 66.1 Å². The van der Waals surface area contributed by atoms with Crippen LogP contribution in [0.2, 0.25) is 0 Å². The fourth-order valence-electron chi connectivity index (χ4n) is 3.09. The second-order valence-electron chi connectivity index (χ2n) is 6.60. The molecule has 0 radical (unpaired) electrons. The minimum Gasteiger partial charge on any atom is -0.379 e. The predicted molar refractivity (Wildman–Crippen MR) is 108 cm³/mol. The third kappa shape index (κ3) is 4.49. The molecule has 1 aliphatic rings. The number of ether oxygens (including phenoxy) is 1. The highest BCUT2D eigenvalue weighted by Gasteiger charge is 2.26. The maximum Gasteiger partial charge on any atom is 0.243 e. The lowest BCUT2D eigenvalue weighted by Gasteiger charge is -2.26. The topological polar surface area (TPSA) is 75.7 Å². The van der Waals surface area contributed by atoms with Crippen molar-refractivity contribution in [3.05, 3.63) is 66.7 Å². The van der Waals surface area contributed by atoms with Gasteiger partial charge in [-0.05, 0) is 41.8 Å². The van der Waals surface area contributed by atoms with Crippen LogP contribution in [0, 0.1) is 0 Å². The number of hydrogen-bond donors (Lipinski definition) is 1. The highest BCUT2D eigenvalue weighted by Crippen LogP contribution is 2.26. The van der Waals surface area contributed by atoms with E-state index in [1.165, 1.54) is 10.4 Å². The molecule has 1 aliphatic heterocycles. The zero-order valence-corrected chi connectivity index (χ0v) is 16.6. The van der Waals surface area contributed by atoms with Gasteiger partial charge in [0.05, 0.1) is 24.2 Å². The zero-order valence-electron chi connectivity index (χ0n) is 15.8. The molecule has 0 saturated carbocycles. The van der Waals surface area contributed by atoms with Crippen molar-refractivity contribution in [3.63, 3.8) is 0 Å². The number of hydrogen-bond acceptors (Lipinski definition) is 4. The molecule has 0 spiro atoms. The summed E-state index contributed by atoms with van der Waals surface area (Å²) < 4.78 is 32.4. The Kier molecular flexibility index (Phi) is 6.28. The Balaban J connectivity index is 1.82. The van der Waals surface area contributed by atoms with Crippen LogP contribution in [-0.2, 0) is 19.6 Å². The van der Waals surface area contributed by atoms with E-state index >= 15 is 0 Å². The molecule has 1 N–H and O–H groups in total. The number of carbonyl (C=O) groups excluding carboxylic acids is 1. The standard InChI is InChI=1S/C21H24N2O4S/c1-3-21(24)22-16(2)17-7-9-18(10-8-17)19-5-4-6-20(15-19)28(25,26)23-11-13-27-14-12-23/h3-10,15-16H,1,11-14H2,2H3,(H,22,24)/t16-/m1/s1. The van der Waals surface area contributed by atoms with Crippen LogP contribution >= 0.6 is 0 Å². The third-order valence-electron chi connectivity index (χ3n) is 4.73. The van der Waals surface area contributed by atoms with Crippen molar-refractivity contribution >= 4 is 15.9 Å². The van der Waals surface area contributed by atoms with Gasteiger partial charge >= 0.3 is 0 Å². The molecule has 0 aromatic heterocycles. The second kappa shape index (κ2) is 8.68. The number of sulfonamides is 1. The van der Waals surface area contributed by atoms with E-state index in [1.807, 2.05) is 37.3 Å². The minimum atomic E-state index is -3.53. The Labute approximate surface area is 165 Å². The molecule has 1 amide bonds. The highest BCUT2D eigenvalue weighted by molar-refractivity contribution is 7.89. The third-order valence-corrected chi connectivity index (χ3v) is 6.62. The Bertz CT molecular complexity index is 949. The van der Waals surface area contributed by atoms with Gasteiger partial charge in [-0.2, -0.15) is 4.31 Å². The molecule has 148 valence electrons. The normalized spacial score (nSPS) is 16.3. The largest absolute Gasteiger partial charge is 0.379 e. The first-order valence-corrected chi connectivity index (χ1v) is 10.6. The van der Waals surface area contributed by atoms with Gasteiger partial charge in [-0.3, -0.25) is 4.79 Å². The first kappa shape index (κ1) is 20.3. The summed E-state index contributed by atoms with van der Waals surface area (Å²) in [5.41, 5.74) is 2.68.